The summed E-state index contributed by atoms with van der Waals surface area (Å²) in [6.45, 7) is 0. The Hall–Kier alpha value is -5.40. The second-order valence-electron chi connectivity index (χ2n) is 11.7. The third-order valence-corrected chi connectivity index (χ3v) is 9.53. The maximum Gasteiger partial charge on any atom is 0.0550 e. The summed E-state index contributed by atoms with van der Waals surface area (Å²) in [4.78, 5) is 0. The van der Waals surface area contributed by atoms with Gasteiger partial charge < -0.3 is 4.57 Å². The van der Waals surface area contributed by atoms with E-state index in [1.54, 1.807) is 0 Å². The van der Waals surface area contributed by atoms with Crippen molar-refractivity contribution in [2.24, 2.45) is 0 Å². The molecule has 0 atom stereocenters. The molecule has 7 aromatic carbocycles. The lowest BCUT2D eigenvalue weighted by Gasteiger charge is -2.17. The van der Waals surface area contributed by atoms with Crippen LogP contribution in [0.25, 0.3) is 82.8 Å². The molecule has 0 radical (unpaired) electrons. The van der Waals surface area contributed by atoms with Crippen LogP contribution in [0, 0.1) is 0 Å². The zero-order valence-electron chi connectivity index (χ0n) is 22.9. The summed E-state index contributed by atoms with van der Waals surface area (Å²) >= 11 is 0. The minimum absolute atomic E-state index is 0.966. The average molecular weight is 532 g/mol. The highest BCUT2D eigenvalue weighted by atomic mass is 15.0. The average Bonchev–Trinajstić information content (AvgIpc) is 3.55. The van der Waals surface area contributed by atoms with Crippen molar-refractivity contribution in [3.05, 3.63) is 151 Å². The molecule has 10 rings (SSSR count). The minimum Gasteiger partial charge on any atom is -0.309 e. The second-order valence-corrected chi connectivity index (χ2v) is 11.7. The zero-order valence-corrected chi connectivity index (χ0v) is 22.9. The van der Waals surface area contributed by atoms with Crippen LogP contribution in [0.5, 0.6) is 0 Å². The van der Waals surface area contributed by atoms with Gasteiger partial charge in [-0.2, -0.15) is 0 Å². The summed E-state index contributed by atoms with van der Waals surface area (Å²) in [5, 5.41) is 5.39. The Balaban J connectivity index is 1.39. The Bertz CT molecular complexity index is 2410. The first-order valence-electron chi connectivity index (χ1n) is 14.7. The Labute approximate surface area is 243 Å². The molecule has 1 aromatic heterocycles. The predicted octanol–water partition coefficient (Wildman–Crippen LogP) is 10.8. The first-order chi connectivity index (χ1) is 20.8. The van der Waals surface area contributed by atoms with Gasteiger partial charge in [0, 0.05) is 22.0 Å². The highest BCUT2D eigenvalue weighted by Crippen LogP contribution is 2.55. The van der Waals surface area contributed by atoms with E-state index in [4.69, 9.17) is 0 Å². The summed E-state index contributed by atoms with van der Waals surface area (Å²) in [7, 11) is 0. The second kappa shape index (κ2) is 8.09. The fraction of sp³-hybridized carbons (Fsp3) is 0.0244. The first kappa shape index (κ1) is 22.3. The lowest BCUT2D eigenvalue weighted by atomic mass is 9.88. The summed E-state index contributed by atoms with van der Waals surface area (Å²) < 4.78 is 2.51. The summed E-state index contributed by atoms with van der Waals surface area (Å²) in [5.41, 5.74) is 17.2. The summed E-state index contributed by atoms with van der Waals surface area (Å²) in [5.74, 6) is 0. The van der Waals surface area contributed by atoms with Gasteiger partial charge in [0.15, 0.2) is 0 Å². The van der Waals surface area contributed by atoms with Crippen LogP contribution in [0.15, 0.2) is 140 Å². The van der Waals surface area contributed by atoms with Crippen LogP contribution >= 0.6 is 0 Å². The Morgan fingerprint density at radius 1 is 0.405 bits per heavy atom. The third kappa shape index (κ3) is 2.82. The molecule has 0 bridgehead atoms. The molecule has 0 saturated carbocycles. The molecule has 2 aliphatic carbocycles. The minimum atomic E-state index is 0.966. The van der Waals surface area contributed by atoms with E-state index in [-0.39, 0.29) is 0 Å². The van der Waals surface area contributed by atoms with E-state index in [2.05, 4.69) is 144 Å². The molecule has 1 nitrogen and oxygen atoms in total. The van der Waals surface area contributed by atoms with Gasteiger partial charge in [-0.1, -0.05) is 115 Å². The molecular formula is C41H25N. The van der Waals surface area contributed by atoms with E-state index in [0.717, 1.165) is 6.42 Å². The molecule has 0 saturated heterocycles. The standard InChI is InChI=1S/C41H25N/c1-2-9-25(10-3-1)26-17-20-30(21-18-26)42-35-22-19-27-12-8-16-33-32-14-6-7-15-34(32)39-38-29(23-28-11-4-5-13-31(28)38)24-36(42)41(39)40(35)37(27)33/h1-22,24H,23H2. The number of rotatable bonds is 2. The van der Waals surface area contributed by atoms with Crippen molar-refractivity contribution in [2.75, 3.05) is 0 Å². The molecule has 1 heterocycles. The summed E-state index contributed by atoms with van der Waals surface area (Å²) in [6, 6.07) is 51.7. The quantitative estimate of drug-likeness (QED) is 0.209. The van der Waals surface area contributed by atoms with E-state index in [1.807, 2.05) is 0 Å². The molecule has 194 valence electrons. The Kier molecular flexibility index (Phi) is 4.29. The Morgan fingerprint density at radius 2 is 1.12 bits per heavy atom. The highest BCUT2D eigenvalue weighted by molar-refractivity contribution is 6.32. The maximum absolute atomic E-state index is 2.51. The molecular weight excluding hydrogens is 506 g/mol. The van der Waals surface area contributed by atoms with Gasteiger partial charge in [0.2, 0.25) is 0 Å². The molecule has 0 N–H and O–H groups in total. The van der Waals surface area contributed by atoms with Crippen molar-refractivity contribution in [2.45, 2.75) is 6.42 Å². The summed E-state index contributed by atoms with van der Waals surface area (Å²) in [6.07, 6.45) is 0.966. The van der Waals surface area contributed by atoms with Crippen LogP contribution in [0.2, 0.25) is 0 Å². The van der Waals surface area contributed by atoms with E-state index >= 15 is 0 Å². The highest BCUT2D eigenvalue weighted by Gasteiger charge is 2.31. The van der Waals surface area contributed by atoms with E-state index < -0.39 is 0 Å². The number of aromatic nitrogens is 1. The molecule has 8 aromatic rings. The van der Waals surface area contributed by atoms with Crippen LogP contribution in [-0.2, 0) is 6.42 Å². The van der Waals surface area contributed by atoms with Crippen LogP contribution in [0.1, 0.15) is 11.1 Å². The van der Waals surface area contributed by atoms with Gasteiger partial charge >= 0.3 is 0 Å². The molecule has 0 amide bonds. The van der Waals surface area contributed by atoms with Gasteiger partial charge in [-0.15, -0.1) is 0 Å². The van der Waals surface area contributed by atoms with Gasteiger partial charge in [0.1, 0.15) is 0 Å². The number of benzene rings is 7. The lowest BCUT2D eigenvalue weighted by Crippen LogP contribution is -1.97. The van der Waals surface area contributed by atoms with E-state index in [0.29, 0.717) is 0 Å². The number of nitrogens with zero attached hydrogens (tertiary/aromatic N) is 1. The van der Waals surface area contributed by atoms with Crippen molar-refractivity contribution in [3.63, 3.8) is 0 Å². The van der Waals surface area contributed by atoms with Crippen molar-refractivity contribution >= 4 is 32.6 Å². The van der Waals surface area contributed by atoms with Gasteiger partial charge in [0.25, 0.3) is 0 Å². The van der Waals surface area contributed by atoms with Crippen LogP contribution in [0.3, 0.4) is 0 Å². The smallest absolute Gasteiger partial charge is 0.0550 e. The van der Waals surface area contributed by atoms with Crippen molar-refractivity contribution in [1.82, 2.24) is 4.57 Å². The van der Waals surface area contributed by atoms with E-state index in [9.17, 15) is 0 Å². The molecule has 2 aliphatic rings. The van der Waals surface area contributed by atoms with Crippen molar-refractivity contribution in [3.8, 4) is 50.2 Å². The largest absolute Gasteiger partial charge is 0.309 e. The molecule has 0 aliphatic heterocycles. The number of hydrogen-bond acceptors (Lipinski definition) is 0. The van der Waals surface area contributed by atoms with Gasteiger partial charge in [-0.25, -0.2) is 0 Å². The normalized spacial score (nSPS) is 12.7. The molecule has 0 unspecified atom stereocenters. The number of hydrogen-bond donors (Lipinski definition) is 0. The van der Waals surface area contributed by atoms with E-state index in [1.165, 1.54) is 93.9 Å². The van der Waals surface area contributed by atoms with Gasteiger partial charge in [-0.3, -0.25) is 0 Å². The first-order valence-corrected chi connectivity index (χ1v) is 14.7. The zero-order chi connectivity index (χ0) is 27.4. The predicted molar refractivity (Wildman–Crippen MR) is 176 cm³/mol. The van der Waals surface area contributed by atoms with Gasteiger partial charge in [-0.05, 0) is 91.5 Å². The molecule has 42 heavy (non-hydrogen) atoms. The fourth-order valence-corrected chi connectivity index (χ4v) is 7.80. The number of fused-ring (bicyclic) bond motifs is 7. The Morgan fingerprint density at radius 3 is 1.98 bits per heavy atom. The third-order valence-electron chi connectivity index (χ3n) is 9.53. The van der Waals surface area contributed by atoms with Gasteiger partial charge in [0.05, 0.1) is 11.0 Å². The SMILES string of the molecule is c1ccc(-c2ccc(-n3c4cc5c(c6c4c4c7c(cccc7ccc43)-c3ccccc3-6)-c3ccccc3C5)cc2)cc1. The monoisotopic (exact) mass is 531 g/mol. The van der Waals surface area contributed by atoms with Crippen molar-refractivity contribution < 1.29 is 0 Å². The van der Waals surface area contributed by atoms with Crippen LogP contribution < -0.4 is 0 Å². The molecule has 0 fully saturated rings. The maximum atomic E-state index is 2.51. The fourth-order valence-electron chi connectivity index (χ4n) is 7.80. The lowest BCUT2D eigenvalue weighted by molar-refractivity contribution is 1.17. The van der Waals surface area contributed by atoms with Crippen molar-refractivity contribution in [1.29, 1.82) is 0 Å². The van der Waals surface area contributed by atoms with Crippen LogP contribution in [-0.4, -0.2) is 4.57 Å². The van der Waals surface area contributed by atoms with Crippen LogP contribution in [0.4, 0.5) is 0 Å². The molecule has 0 spiro atoms. The molecule has 1 heteroatoms. The topological polar surface area (TPSA) is 4.93 Å².